The van der Waals surface area contributed by atoms with Gasteiger partial charge in [-0.3, -0.25) is 4.79 Å². The standard InChI is InChI=1S/C18H29FN4O2/c1-4-20-18(21-9-11-25-10-8-14(2)3)22-13-17(24)23-16-7-5-6-15(19)12-16/h5-7,12,14H,4,8-11,13H2,1-3H3,(H,23,24)(H2,20,21,22). The van der Waals surface area contributed by atoms with Crippen molar-refractivity contribution in [3.8, 4) is 0 Å². The van der Waals surface area contributed by atoms with Gasteiger partial charge in [-0.25, -0.2) is 9.38 Å². The van der Waals surface area contributed by atoms with Gasteiger partial charge in [0.15, 0.2) is 5.96 Å². The maximum absolute atomic E-state index is 13.1. The van der Waals surface area contributed by atoms with Crippen molar-refractivity contribution in [2.45, 2.75) is 27.2 Å². The Kier molecular flexibility index (Phi) is 10.2. The molecule has 6 nitrogen and oxygen atoms in total. The lowest BCUT2D eigenvalue weighted by Crippen LogP contribution is -2.39. The summed E-state index contributed by atoms with van der Waals surface area (Å²) in [6.07, 6.45) is 1.04. The number of anilines is 1. The van der Waals surface area contributed by atoms with Gasteiger partial charge in [0, 0.05) is 25.4 Å². The van der Waals surface area contributed by atoms with Crippen molar-refractivity contribution in [1.29, 1.82) is 0 Å². The summed E-state index contributed by atoms with van der Waals surface area (Å²) in [5, 5.41) is 8.78. The Balaban J connectivity index is 2.34. The molecule has 0 radical (unpaired) electrons. The van der Waals surface area contributed by atoms with E-state index in [1.807, 2.05) is 6.92 Å². The third-order valence-corrected chi connectivity index (χ3v) is 3.21. The molecule has 0 saturated carbocycles. The third-order valence-electron chi connectivity index (χ3n) is 3.21. The zero-order chi connectivity index (χ0) is 18.5. The zero-order valence-corrected chi connectivity index (χ0v) is 15.3. The van der Waals surface area contributed by atoms with Crippen LogP contribution in [-0.4, -0.2) is 44.7 Å². The molecule has 0 saturated heterocycles. The van der Waals surface area contributed by atoms with E-state index < -0.39 is 5.82 Å². The van der Waals surface area contributed by atoms with Crippen LogP contribution in [0.4, 0.5) is 10.1 Å². The Bertz CT molecular complexity index is 550. The van der Waals surface area contributed by atoms with Crippen LogP contribution in [0, 0.1) is 11.7 Å². The van der Waals surface area contributed by atoms with Gasteiger partial charge in [-0.15, -0.1) is 0 Å². The van der Waals surface area contributed by atoms with Crippen LogP contribution in [-0.2, 0) is 9.53 Å². The molecule has 0 aliphatic rings. The van der Waals surface area contributed by atoms with Crippen molar-refractivity contribution in [2.75, 3.05) is 38.2 Å². The summed E-state index contributed by atoms with van der Waals surface area (Å²) >= 11 is 0. The average molecular weight is 352 g/mol. The SMILES string of the molecule is CCNC(=NCC(=O)Nc1cccc(F)c1)NCCOCCC(C)C. The van der Waals surface area contributed by atoms with Crippen LogP contribution in [0.3, 0.4) is 0 Å². The number of amides is 1. The second-order valence-electron chi connectivity index (χ2n) is 5.98. The normalized spacial score (nSPS) is 11.5. The minimum absolute atomic E-state index is 0.0555. The highest BCUT2D eigenvalue weighted by Gasteiger charge is 2.04. The lowest BCUT2D eigenvalue weighted by molar-refractivity contribution is -0.114. The second kappa shape index (κ2) is 12.2. The Labute approximate surface area is 149 Å². The van der Waals surface area contributed by atoms with E-state index in [4.69, 9.17) is 4.74 Å². The molecule has 0 unspecified atom stereocenters. The number of carbonyl (C=O) groups is 1. The van der Waals surface area contributed by atoms with E-state index in [1.54, 1.807) is 12.1 Å². The van der Waals surface area contributed by atoms with E-state index in [0.717, 1.165) is 13.0 Å². The van der Waals surface area contributed by atoms with Crippen molar-refractivity contribution >= 4 is 17.6 Å². The van der Waals surface area contributed by atoms with E-state index >= 15 is 0 Å². The van der Waals surface area contributed by atoms with E-state index in [9.17, 15) is 9.18 Å². The Morgan fingerprint density at radius 3 is 2.76 bits per heavy atom. The van der Waals surface area contributed by atoms with Gasteiger partial charge in [-0.1, -0.05) is 19.9 Å². The fourth-order valence-electron chi connectivity index (χ4n) is 1.92. The van der Waals surface area contributed by atoms with Crippen LogP contribution in [0.5, 0.6) is 0 Å². The van der Waals surface area contributed by atoms with Gasteiger partial charge >= 0.3 is 0 Å². The Morgan fingerprint density at radius 2 is 2.08 bits per heavy atom. The highest BCUT2D eigenvalue weighted by atomic mass is 19.1. The number of rotatable bonds is 10. The summed E-state index contributed by atoms with van der Waals surface area (Å²) in [5.74, 6) is 0.470. The Morgan fingerprint density at radius 1 is 1.28 bits per heavy atom. The predicted octanol–water partition coefficient (Wildman–Crippen LogP) is 2.38. The lowest BCUT2D eigenvalue weighted by Gasteiger charge is -2.12. The molecular formula is C18H29FN4O2. The predicted molar refractivity (Wildman–Crippen MR) is 99.3 cm³/mol. The molecule has 0 spiro atoms. The molecule has 1 aromatic carbocycles. The molecule has 7 heteroatoms. The number of carbonyl (C=O) groups excluding carboxylic acids is 1. The topological polar surface area (TPSA) is 74.8 Å². The molecule has 3 N–H and O–H groups in total. The summed E-state index contributed by atoms with van der Waals surface area (Å²) in [7, 11) is 0. The zero-order valence-electron chi connectivity index (χ0n) is 15.3. The highest BCUT2D eigenvalue weighted by molar-refractivity contribution is 5.94. The molecule has 140 valence electrons. The molecule has 1 rings (SSSR count). The van der Waals surface area contributed by atoms with Gasteiger partial charge in [0.05, 0.1) is 6.61 Å². The summed E-state index contributed by atoms with van der Waals surface area (Å²) in [6, 6.07) is 5.76. The molecule has 0 bridgehead atoms. The van der Waals surface area contributed by atoms with E-state index in [-0.39, 0.29) is 12.5 Å². The van der Waals surface area contributed by atoms with Gasteiger partial charge in [0.2, 0.25) is 5.91 Å². The van der Waals surface area contributed by atoms with Crippen molar-refractivity contribution < 1.29 is 13.9 Å². The van der Waals surface area contributed by atoms with Crippen molar-refractivity contribution in [2.24, 2.45) is 10.9 Å². The molecule has 0 aromatic heterocycles. The van der Waals surface area contributed by atoms with Gasteiger partial charge in [0.25, 0.3) is 0 Å². The fourth-order valence-corrected chi connectivity index (χ4v) is 1.92. The average Bonchev–Trinajstić information content (AvgIpc) is 2.55. The van der Waals surface area contributed by atoms with E-state index in [1.165, 1.54) is 12.1 Å². The first-order valence-corrected chi connectivity index (χ1v) is 8.66. The van der Waals surface area contributed by atoms with Crippen molar-refractivity contribution in [1.82, 2.24) is 10.6 Å². The number of guanidine groups is 1. The number of benzene rings is 1. The minimum Gasteiger partial charge on any atom is -0.380 e. The molecule has 0 atom stereocenters. The number of hydrogen-bond donors (Lipinski definition) is 3. The summed E-state index contributed by atoms with van der Waals surface area (Å²) in [5.41, 5.74) is 0.414. The minimum atomic E-state index is -0.395. The van der Waals surface area contributed by atoms with Gasteiger partial charge < -0.3 is 20.7 Å². The molecule has 1 aromatic rings. The number of aliphatic imine (C=N–C) groups is 1. The van der Waals surface area contributed by atoms with Crippen LogP contribution < -0.4 is 16.0 Å². The van der Waals surface area contributed by atoms with Crippen molar-refractivity contribution in [3.05, 3.63) is 30.1 Å². The van der Waals surface area contributed by atoms with Crippen LogP contribution in [0.15, 0.2) is 29.3 Å². The molecule has 0 aliphatic carbocycles. The van der Waals surface area contributed by atoms with Gasteiger partial charge in [-0.05, 0) is 37.5 Å². The second-order valence-corrected chi connectivity index (χ2v) is 5.98. The van der Waals surface area contributed by atoms with Crippen LogP contribution in [0.25, 0.3) is 0 Å². The largest absolute Gasteiger partial charge is 0.380 e. The first kappa shape index (κ1) is 20.9. The number of nitrogens with zero attached hydrogens (tertiary/aromatic N) is 1. The number of hydrogen-bond acceptors (Lipinski definition) is 3. The molecule has 25 heavy (non-hydrogen) atoms. The Hall–Kier alpha value is -2.15. The van der Waals surface area contributed by atoms with Crippen LogP contribution in [0.1, 0.15) is 27.2 Å². The molecule has 0 heterocycles. The van der Waals surface area contributed by atoms with E-state index in [2.05, 4.69) is 34.8 Å². The van der Waals surface area contributed by atoms with Crippen molar-refractivity contribution in [3.63, 3.8) is 0 Å². The highest BCUT2D eigenvalue weighted by Crippen LogP contribution is 2.08. The molecule has 0 fully saturated rings. The first-order valence-electron chi connectivity index (χ1n) is 8.66. The fraction of sp³-hybridized carbons (Fsp3) is 0.556. The molecule has 0 aliphatic heterocycles. The first-order chi connectivity index (χ1) is 12.0. The van der Waals surface area contributed by atoms with Crippen LogP contribution in [0.2, 0.25) is 0 Å². The third kappa shape index (κ3) is 10.3. The quantitative estimate of drug-likeness (QED) is 0.343. The monoisotopic (exact) mass is 352 g/mol. The summed E-state index contributed by atoms with van der Waals surface area (Å²) in [6.45, 7) is 8.82. The number of ether oxygens (including phenoxy) is 1. The maximum atomic E-state index is 13.1. The summed E-state index contributed by atoms with van der Waals surface area (Å²) in [4.78, 5) is 16.1. The van der Waals surface area contributed by atoms with Gasteiger partial charge in [0.1, 0.15) is 12.4 Å². The molecular weight excluding hydrogens is 323 g/mol. The summed E-state index contributed by atoms with van der Waals surface area (Å²) < 4.78 is 18.6. The molecule has 1 amide bonds. The van der Waals surface area contributed by atoms with Crippen LogP contribution >= 0.6 is 0 Å². The van der Waals surface area contributed by atoms with Gasteiger partial charge in [-0.2, -0.15) is 0 Å². The number of nitrogens with one attached hydrogen (secondary N) is 3. The lowest BCUT2D eigenvalue weighted by atomic mass is 10.1. The smallest absolute Gasteiger partial charge is 0.246 e. The van der Waals surface area contributed by atoms with E-state index in [0.29, 0.717) is 37.3 Å². The number of halogens is 1. The maximum Gasteiger partial charge on any atom is 0.246 e.